The predicted molar refractivity (Wildman–Crippen MR) is 108 cm³/mol. The molecule has 0 saturated carbocycles. The summed E-state index contributed by atoms with van der Waals surface area (Å²) in [6.07, 6.45) is 1.00. The molecule has 3 rings (SSSR count). The fraction of sp³-hybridized carbons (Fsp3) is 0.250. The number of methoxy groups -OCH3 is 1. The van der Waals surface area contributed by atoms with Crippen LogP contribution < -0.4 is 10.1 Å². The van der Waals surface area contributed by atoms with E-state index >= 15 is 0 Å². The Morgan fingerprint density at radius 3 is 2.63 bits per heavy atom. The average Bonchev–Trinajstić information content (AvgIpc) is 3.17. The van der Waals surface area contributed by atoms with Crippen LogP contribution >= 0.6 is 11.8 Å². The summed E-state index contributed by atoms with van der Waals surface area (Å²) in [6.45, 7) is 4.05. The number of anilines is 1. The van der Waals surface area contributed by atoms with E-state index in [1.54, 1.807) is 7.11 Å². The number of thioether (sulfide) groups is 1. The first-order valence-electron chi connectivity index (χ1n) is 8.68. The molecular weight excluding hydrogens is 360 g/mol. The molecule has 6 nitrogen and oxygen atoms in total. The van der Waals surface area contributed by atoms with E-state index in [9.17, 15) is 4.79 Å². The van der Waals surface area contributed by atoms with Crippen molar-refractivity contribution in [1.29, 1.82) is 0 Å². The summed E-state index contributed by atoms with van der Waals surface area (Å²) in [5.41, 5.74) is 3.98. The monoisotopic (exact) mass is 382 g/mol. The molecule has 3 aromatic rings. The normalized spacial score (nSPS) is 10.6. The van der Waals surface area contributed by atoms with Gasteiger partial charge in [-0.15, -0.1) is 10.2 Å². The van der Waals surface area contributed by atoms with Crippen molar-refractivity contribution in [1.82, 2.24) is 15.2 Å². The number of amides is 1. The molecule has 140 valence electrons. The van der Waals surface area contributed by atoms with Gasteiger partial charge < -0.3 is 15.0 Å². The third-order valence-corrected chi connectivity index (χ3v) is 5.01. The lowest BCUT2D eigenvalue weighted by atomic mass is 10.1. The Bertz CT molecular complexity index is 922. The van der Waals surface area contributed by atoms with E-state index in [2.05, 4.69) is 39.6 Å². The second-order valence-corrected chi connectivity index (χ2v) is 7.01. The molecule has 0 atom stereocenters. The summed E-state index contributed by atoms with van der Waals surface area (Å²) in [4.78, 5) is 15.4. The summed E-state index contributed by atoms with van der Waals surface area (Å²) in [5, 5.41) is 11.8. The smallest absolute Gasteiger partial charge is 0.234 e. The molecule has 1 amide bonds. The minimum Gasteiger partial charge on any atom is -0.497 e. The largest absolute Gasteiger partial charge is 0.497 e. The van der Waals surface area contributed by atoms with Gasteiger partial charge >= 0.3 is 0 Å². The SMILES string of the molecule is CCc1ccc(-c2nnc(SCC(=O)Nc3ccc(OC)cc3C)[nH]2)cc1. The lowest BCUT2D eigenvalue weighted by Gasteiger charge is -2.09. The molecule has 2 aromatic carbocycles. The number of ether oxygens (including phenoxy) is 1. The summed E-state index contributed by atoms with van der Waals surface area (Å²) in [6, 6.07) is 13.7. The van der Waals surface area contributed by atoms with Crippen LogP contribution in [0.1, 0.15) is 18.1 Å². The van der Waals surface area contributed by atoms with Crippen molar-refractivity contribution in [2.75, 3.05) is 18.2 Å². The number of aryl methyl sites for hydroxylation is 2. The molecule has 7 heteroatoms. The van der Waals surface area contributed by atoms with Gasteiger partial charge in [-0.1, -0.05) is 43.0 Å². The number of nitrogens with zero attached hydrogens (tertiary/aromatic N) is 2. The molecule has 0 spiro atoms. The van der Waals surface area contributed by atoms with Crippen molar-refractivity contribution in [3.8, 4) is 17.1 Å². The van der Waals surface area contributed by atoms with E-state index in [-0.39, 0.29) is 11.7 Å². The van der Waals surface area contributed by atoms with Crippen LogP contribution in [-0.2, 0) is 11.2 Å². The molecule has 1 aromatic heterocycles. The first-order chi connectivity index (χ1) is 13.1. The van der Waals surface area contributed by atoms with Crippen molar-refractivity contribution in [3.05, 3.63) is 53.6 Å². The number of nitrogens with one attached hydrogen (secondary N) is 2. The molecule has 2 N–H and O–H groups in total. The highest BCUT2D eigenvalue weighted by Crippen LogP contribution is 2.23. The van der Waals surface area contributed by atoms with E-state index in [0.717, 1.165) is 29.0 Å². The topological polar surface area (TPSA) is 79.9 Å². The van der Waals surface area contributed by atoms with E-state index in [4.69, 9.17) is 4.74 Å². The van der Waals surface area contributed by atoms with E-state index in [1.807, 2.05) is 37.3 Å². The van der Waals surface area contributed by atoms with Crippen molar-refractivity contribution >= 4 is 23.4 Å². The molecule has 0 unspecified atom stereocenters. The fourth-order valence-corrected chi connectivity index (χ4v) is 3.17. The Balaban J connectivity index is 1.57. The number of carbonyl (C=O) groups excluding carboxylic acids is 1. The van der Waals surface area contributed by atoms with Crippen LogP contribution in [0.5, 0.6) is 5.75 Å². The minimum atomic E-state index is -0.0986. The molecule has 0 aliphatic heterocycles. The third-order valence-electron chi connectivity index (χ3n) is 4.15. The van der Waals surface area contributed by atoms with Gasteiger partial charge in [-0.2, -0.15) is 0 Å². The summed E-state index contributed by atoms with van der Waals surface area (Å²) < 4.78 is 5.18. The van der Waals surface area contributed by atoms with Crippen LogP contribution in [0, 0.1) is 6.92 Å². The van der Waals surface area contributed by atoms with E-state index in [0.29, 0.717) is 11.0 Å². The fourth-order valence-electron chi connectivity index (χ4n) is 2.56. The van der Waals surface area contributed by atoms with E-state index < -0.39 is 0 Å². The Morgan fingerprint density at radius 1 is 1.19 bits per heavy atom. The zero-order valence-corrected chi connectivity index (χ0v) is 16.4. The maximum atomic E-state index is 12.2. The van der Waals surface area contributed by atoms with Crippen LogP contribution in [0.3, 0.4) is 0 Å². The maximum absolute atomic E-state index is 12.2. The van der Waals surface area contributed by atoms with Crippen LogP contribution in [-0.4, -0.2) is 34.0 Å². The van der Waals surface area contributed by atoms with Crippen LogP contribution in [0.15, 0.2) is 47.6 Å². The third kappa shape index (κ3) is 4.89. The van der Waals surface area contributed by atoms with Crippen LogP contribution in [0.2, 0.25) is 0 Å². The lowest BCUT2D eigenvalue weighted by Crippen LogP contribution is -2.15. The van der Waals surface area contributed by atoms with Gasteiger partial charge in [-0.25, -0.2) is 0 Å². The quantitative estimate of drug-likeness (QED) is 0.602. The zero-order chi connectivity index (χ0) is 19.2. The summed E-state index contributed by atoms with van der Waals surface area (Å²) in [7, 11) is 1.62. The number of hydrogen-bond acceptors (Lipinski definition) is 5. The highest BCUT2D eigenvalue weighted by atomic mass is 32.2. The predicted octanol–water partition coefficient (Wildman–Crippen LogP) is 4.08. The molecule has 27 heavy (non-hydrogen) atoms. The molecule has 0 radical (unpaired) electrons. The van der Waals surface area contributed by atoms with E-state index in [1.165, 1.54) is 17.3 Å². The summed E-state index contributed by atoms with van der Waals surface area (Å²) >= 11 is 1.32. The summed E-state index contributed by atoms with van der Waals surface area (Å²) in [5.74, 6) is 1.61. The molecule has 0 saturated heterocycles. The van der Waals surface area contributed by atoms with Gasteiger partial charge in [0.15, 0.2) is 11.0 Å². The molecule has 0 bridgehead atoms. The van der Waals surface area contributed by atoms with Crippen LogP contribution in [0.25, 0.3) is 11.4 Å². The number of rotatable bonds is 7. The lowest BCUT2D eigenvalue weighted by molar-refractivity contribution is -0.113. The van der Waals surface area contributed by atoms with Gasteiger partial charge in [0, 0.05) is 11.3 Å². The first kappa shape index (κ1) is 19.0. The van der Waals surface area contributed by atoms with Crippen molar-refractivity contribution in [2.24, 2.45) is 0 Å². The van der Waals surface area contributed by atoms with Gasteiger partial charge in [-0.3, -0.25) is 4.79 Å². The van der Waals surface area contributed by atoms with Crippen molar-refractivity contribution < 1.29 is 9.53 Å². The molecular formula is C20H22N4O2S. The van der Waals surface area contributed by atoms with Crippen LogP contribution in [0.4, 0.5) is 5.69 Å². The Hall–Kier alpha value is -2.80. The number of carbonyl (C=O) groups is 1. The van der Waals surface area contributed by atoms with Gasteiger partial charge in [0.1, 0.15) is 5.75 Å². The van der Waals surface area contributed by atoms with Crippen molar-refractivity contribution in [3.63, 3.8) is 0 Å². The highest BCUT2D eigenvalue weighted by Gasteiger charge is 2.10. The second-order valence-electron chi connectivity index (χ2n) is 6.05. The average molecular weight is 382 g/mol. The van der Waals surface area contributed by atoms with Gasteiger partial charge in [-0.05, 0) is 42.7 Å². The number of aromatic nitrogens is 3. The highest BCUT2D eigenvalue weighted by molar-refractivity contribution is 7.99. The number of hydrogen-bond donors (Lipinski definition) is 2. The van der Waals surface area contributed by atoms with Gasteiger partial charge in [0.2, 0.25) is 5.91 Å². The Morgan fingerprint density at radius 2 is 1.96 bits per heavy atom. The van der Waals surface area contributed by atoms with Gasteiger partial charge in [0.25, 0.3) is 0 Å². The molecule has 0 aliphatic rings. The second kappa shape index (κ2) is 8.73. The standard InChI is InChI=1S/C20H22N4O2S/c1-4-14-5-7-15(8-6-14)19-22-20(24-23-19)27-12-18(25)21-17-10-9-16(26-3)11-13(17)2/h5-11H,4,12H2,1-3H3,(H,21,25)(H,22,23,24). The molecule has 0 fully saturated rings. The Labute approximate surface area is 162 Å². The number of aromatic amines is 1. The van der Waals surface area contributed by atoms with Gasteiger partial charge in [0.05, 0.1) is 12.9 Å². The zero-order valence-electron chi connectivity index (χ0n) is 15.6. The number of benzene rings is 2. The van der Waals surface area contributed by atoms with Crippen molar-refractivity contribution in [2.45, 2.75) is 25.4 Å². The minimum absolute atomic E-state index is 0.0986. The molecule has 1 heterocycles. The Kier molecular flexibility index (Phi) is 6.13. The maximum Gasteiger partial charge on any atom is 0.234 e. The number of H-pyrrole nitrogens is 1. The molecule has 0 aliphatic carbocycles. The first-order valence-corrected chi connectivity index (χ1v) is 9.67.